The molecule has 0 unspecified atom stereocenters. The van der Waals surface area contributed by atoms with E-state index in [4.69, 9.17) is 4.74 Å². The number of benzene rings is 1. The molecule has 1 rings (SSSR count). The van der Waals surface area contributed by atoms with Crippen molar-refractivity contribution in [1.82, 2.24) is 5.32 Å². The highest BCUT2D eigenvalue weighted by Crippen LogP contribution is 2.20. The van der Waals surface area contributed by atoms with Crippen LogP contribution in [0.25, 0.3) is 0 Å². The van der Waals surface area contributed by atoms with Crippen molar-refractivity contribution < 1.29 is 23.1 Å². The highest BCUT2D eigenvalue weighted by Gasteiger charge is 2.21. The molecule has 1 aromatic carbocycles. The summed E-state index contributed by atoms with van der Waals surface area (Å²) in [6.07, 6.45) is -0.278. The smallest absolute Gasteiger partial charge is 0.408 e. The minimum absolute atomic E-state index is 0.0303. The first-order valence-corrected chi connectivity index (χ1v) is 9.17. The number of hydrogen-bond donors (Lipinski definition) is 2. The molecule has 23 heavy (non-hydrogen) atoms. The van der Waals surface area contributed by atoms with E-state index in [2.05, 4.69) is 5.32 Å². The Balaban J connectivity index is 2.92. The lowest BCUT2D eigenvalue weighted by atomic mass is 10.0. The third kappa shape index (κ3) is 6.19. The molecule has 2 N–H and O–H groups in total. The first kappa shape index (κ1) is 19.4. The molecular weight excluding hydrogens is 318 g/mol. The molecule has 0 aliphatic heterocycles. The Kier molecular flexibility index (Phi) is 6.58. The van der Waals surface area contributed by atoms with Crippen LogP contribution in [-0.4, -0.2) is 37.6 Å². The zero-order valence-electron chi connectivity index (χ0n) is 14.0. The van der Waals surface area contributed by atoms with Gasteiger partial charge in [0.25, 0.3) is 0 Å². The number of nitrogens with one attached hydrogen (secondary N) is 1. The second-order valence-electron chi connectivity index (χ2n) is 6.18. The van der Waals surface area contributed by atoms with Crippen LogP contribution in [0.2, 0.25) is 0 Å². The highest BCUT2D eigenvalue weighted by molar-refractivity contribution is 7.91. The van der Waals surface area contributed by atoms with E-state index in [9.17, 15) is 18.3 Å². The molecule has 0 spiro atoms. The molecule has 7 heteroatoms. The number of aliphatic hydroxyl groups is 1. The maximum Gasteiger partial charge on any atom is 0.408 e. The van der Waals surface area contributed by atoms with E-state index in [0.717, 1.165) is 0 Å². The van der Waals surface area contributed by atoms with Gasteiger partial charge in [0, 0.05) is 6.61 Å². The zero-order chi connectivity index (χ0) is 17.7. The maximum atomic E-state index is 11.9. The molecule has 1 aromatic rings. The minimum Gasteiger partial charge on any atom is -0.444 e. The Morgan fingerprint density at radius 1 is 1.26 bits per heavy atom. The molecule has 1 atom stereocenters. The van der Waals surface area contributed by atoms with Crippen LogP contribution in [-0.2, 0) is 14.6 Å². The Morgan fingerprint density at radius 3 is 2.26 bits per heavy atom. The largest absolute Gasteiger partial charge is 0.444 e. The fraction of sp³-hybridized carbons (Fsp3) is 0.562. The Hall–Kier alpha value is -1.60. The fourth-order valence-corrected chi connectivity index (χ4v) is 2.86. The molecule has 130 valence electrons. The van der Waals surface area contributed by atoms with E-state index in [1.165, 1.54) is 12.1 Å². The molecule has 0 aromatic heterocycles. The van der Waals surface area contributed by atoms with E-state index >= 15 is 0 Å². The second-order valence-corrected chi connectivity index (χ2v) is 8.46. The Morgan fingerprint density at radius 2 is 1.83 bits per heavy atom. The molecule has 0 radical (unpaired) electrons. The number of carbonyl (C=O) groups excluding carboxylic acids is 1. The lowest BCUT2D eigenvalue weighted by Crippen LogP contribution is -2.35. The maximum absolute atomic E-state index is 11.9. The van der Waals surface area contributed by atoms with Crippen molar-refractivity contribution in [2.24, 2.45) is 0 Å². The monoisotopic (exact) mass is 343 g/mol. The van der Waals surface area contributed by atoms with Crippen LogP contribution in [0, 0.1) is 0 Å². The number of hydrogen-bond acceptors (Lipinski definition) is 5. The molecule has 0 fully saturated rings. The number of amides is 1. The first-order valence-electron chi connectivity index (χ1n) is 7.52. The molecule has 0 heterocycles. The Bertz CT molecular complexity index is 617. The lowest BCUT2D eigenvalue weighted by molar-refractivity contribution is 0.0496. The summed E-state index contributed by atoms with van der Waals surface area (Å²) in [7, 11) is -3.26. The summed E-state index contributed by atoms with van der Waals surface area (Å²) >= 11 is 0. The van der Waals surface area contributed by atoms with E-state index in [-0.39, 0.29) is 17.3 Å². The average molecular weight is 343 g/mol. The van der Waals surface area contributed by atoms with E-state index in [1.807, 2.05) is 0 Å². The van der Waals surface area contributed by atoms with Crippen molar-refractivity contribution in [3.8, 4) is 0 Å². The van der Waals surface area contributed by atoms with E-state index < -0.39 is 27.6 Å². The van der Waals surface area contributed by atoms with Gasteiger partial charge in [0.2, 0.25) is 0 Å². The van der Waals surface area contributed by atoms with Crippen LogP contribution in [0.15, 0.2) is 29.2 Å². The molecule has 0 saturated heterocycles. The van der Waals surface area contributed by atoms with Crippen LogP contribution < -0.4 is 5.32 Å². The lowest BCUT2D eigenvalue weighted by Gasteiger charge is -2.23. The van der Waals surface area contributed by atoms with Crippen molar-refractivity contribution in [1.29, 1.82) is 0 Å². The highest BCUT2D eigenvalue weighted by atomic mass is 32.2. The zero-order valence-corrected chi connectivity index (χ0v) is 14.8. The normalized spacial score (nSPS) is 13.4. The quantitative estimate of drug-likeness (QED) is 0.827. The molecule has 0 bridgehead atoms. The van der Waals surface area contributed by atoms with Crippen LogP contribution in [0.4, 0.5) is 4.79 Å². The first-order chi connectivity index (χ1) is 10.6. The molecule has 0 aliphatic carbocycles. The summed E-state index contributed by atoms with van der Waals surface area (Å²) in [6, 6.07) is 5.85. The number of sulfone groups is 1. The molecule has 6 nitrogen and oxygen atoms in total. The summed E-state index contributed by atoms with van der Waals surface area (Å²) < 4.78 is 28.8. The third-order valence-corrected chi connectivity index (χ3v) is 4.88. The van der Waals surface area contributed by atoms with Gasteiger partial charge in [-0.2, -0.15) is 0 Å². The predicted molar refractivity (Wildman–Crippen MR) is 88.0 cm³/mol. The molecule has 0 aliphatic rings. The van der Waals surface area contributed by atoms with Crippen LogP contribution in [0.5, 0.6) is 0 Å². The van der Waals surface area contributed by atoms with Crippen molar-refractivity contribution in [2.45, 2.75) is 50.7 Å². The van der Waals surface area contributed by atoms with E-state index in [1.54, 1.807) is 39.8 Å². The van der Waals surface area contributed by atoms with Gasteiger partial charge in [0.15, 0.2) is 9.84 Å². The summed E-state index contributed by atoms with van der Waals surface area (Å²) in [6.45, 7) is 6.76. The standard InChI is InChI=1S/C16H25NO5S/c1-5-23(20,21)13-8-6-12(7-9-13)14(10-11-18)17-15(19)22-16(2,3)4/h6-9,14,18H,5,10-11H2,1-4H3,(H,17,19)/t14-/m0/s1. The number of aliphatic hydroxyl groups excluding tert-OH is 1. The van der Waals surface area contributed by atoms with Crippen molar-refractivity contribution in [3.05, 3.63) is 29.8 Å². The Labute approximate surface area is 137 Å². The topological polar surface area (TPSA) is 92.7 Å². The van der Waals surface area contributed by atoms with Crippen molar-refractivity contribution >= 4 is 15.9 Å². The third-order valence-electron chi connectivity index (χ3n) is 3.13. The van der Waals surface area contributed by atoms with Gasteiger partial charge in [-0.1, -0.05) is 19.1 Å². The summed E-state index contributed by atoms with van der Waals surface area (Å²) in [5.41, 5.74) is 0.0902. The van der Waals surface area contributed by atoms with Crippen molar-refractivity contribution in [2.75, 3.05) is 12.4 Å². The van der Waals surface area contributed by atoms with Gasteiger partial charge in [-0.25, -0.2) is 13.2 Å². The molecule has 0 saturated carbocycles. The average Bonchev–Trinajstić information content (AvgIpc) is 2.45. The van der Waals surface area contributed by atoms with Gasteiger partial charge in [-0.15, -0.1) is 0 Å². The molecular formula is C16H25NO5S. The summed E-state index contributed by atoms with van der Waals surface area (Å²) in [4.78, 5) is 12.1. The van der Waals surface area contributed by atoms with Gasteiger partial charge in [-0.05, 0) is 44.9 Å². The number of rotatable bonds is 6. The van der Waals surface area contributed by atoms with Gasteiger partial charge in [-0.3, -0.25) is 0 Å². The number of ether oxygens (including phenoxy) is 1. The summed E-state index contributed by atoms with van der Waals surface area (Å²) in [5, 5.41) is 11.9. The minimum atomic E-state index is -3.26. The fourth-order valence-electron chi connectivity index (χ4n) is 1.98. The van der Waals surface area contributed by atoms with Crippen LogP contribution in [0.3, 0.4) is 0 Å². The number of carbonyl (C=O) groups is 1. The van der Waals surface area contributed by atoms with Gasteiger partial charge in [0.05, 0.1) is 16.7 Å². The van der Waals surface area contributed by atoms with E-state index in [0.29, 0.717) is 12.0 Å². The van der Waals surface area contributed by atoms with Gasteiger partial charge in [0.1, 0.15) is 5.60 Å². The summed E-state index contributed by atoms with van der Waals surface area (Å²) in [5.74, 6) is 0.0303. The van der Waals surface area contributed by atoms with Crippen LogP contribution in [0.1, 0.15) is 45.7 Å². The number of alkyl carbamates (subject to hydrolysis) is 1. The second kappa shape index (κ2) is 7.79. The van der Waals surface area contributed by atoms with Gasteiger partial charge >= 0.3 is 6.09 Å². The molecule has 1 amide bonds. The predicted octanol–water partition coefficient (Wildman–Crippen LogP) is 2.43. The van der Waals surface area contributed by atoms with Crippen LogP contribution >= 0.6 is 0 Å². The SMILES string of the molecule is CCS(=O)(=O)c1ccc([C@H](CCO)NC(=O)OC(C)(C)C)cc1. The van der Waals surface area contributed by atoms with Crippen molar-refractivity contribution in [3.63, 3.8) is 0 Å². The van der Waals surface area contributed by atoms with Gasteiger partial charge < -0.3 is 15.2 Å².